The molecule has 0 aromatic rings. The van der Waals surface area contributed by atoms with E-state index in [1.165, 1.54) is 45.1 Å². The van der Waals surface area contributed by atoms with Gasteiger partial charge in [-0.3, -0.25) is 4.90 Å². The van der Waals surface area contributed by atoms with Crippen LogP contribution in [-0.2, 0) is 4.74 Å². The monoisotopic (exact) mass is 282 g/mol. The van der Waals surface area contributed by atoms with Crippen LogP contribution in [0.25, 0.3) is 0 Å². The molecule has 1 atom stereocenters. The second-order valence-electron chi connectivity index (χ2n) is 7.27. The van der Waals surface area contributed by atoms with Crippen molar-refractivity contribution in [2.45, 2.75) is 70.9 Å². The van der Waals surface area contributed by atoms with Crippen LogP contribution in [0.3, 0.4) is 0 Å². The van der Waals surface area contributed by atoms with Crippen LogP contribution in [0.1, 0.15) is 59.3 Å². The van der Waals surface area contributed by atoms with Crippen LogP contribution in [0.4, 0.5) is 0 Å². The number of rotatable bonds is 6. The summed E-state index contributed by atoms with van der Waals surface area (Å²) < 4.78 is 5.66. The van der Waals surface area contributed by atoms with Gasteiger partial charge in [-0.15, -0.1) is 0 Å². The van der Waals surface area contributed by atoms with Gasteiger partial charge >= 0.3 is 0 Å². The normalized spacial score (nSPS) is 26.6. The molecule has 1 saturated heterocycles. The summed E-state index contributed by atoms with van der Waals surface area (Å²) in [5.74, 6) is 0.883. The number of ether oxygens (including phenoxy) is 1. The largest absolute Gasteiger partial charge is 0.378 e. The Morgan fingerprint density at radius 2 is 2.00 bits per heavy atom. The van der Waals surface area contributed by atoms with Crippen molar-refractivity contribution in [3.05, 3.63) is 0 Å². The average molecular weight is 282 g/mol. The molecule has 2 fully saturated rings. The Kier molecular flexibility index (Phi) is 6.31. The Balaban J connectivity index is 1.94. The third-order valence-electron chi connectivity index (χ3n) is 5.11. The maximum atomic E-state index is 5.66. The standard InChI is InChI=1S/C17H34N2O/c1-4-10-18-16(15-8-6-5-7-9-15)13-19-11-12-20-14-17(19,2)3/h15-16,18H,4-14H2,1-3H3. The van der Waals surface area contributed by atoms with Crippen molar-refractivity contribution < 1.29 is 4.74 Å². The third-order valence-corrected chi connectivity index (χ3v) is 5.11. The summed E-state index contributed by atoms with van der Waals surface area (Å²) in [5, 5.41) is 3.84. The van der Waals surface area contributed by atoms with Crippen LogP contribution >= 0.6 is 0 Å². The second kappa shape index (κ2) is 7.77. The lowest BCUT2D eigenvalue weighted by atomic mass is 9.83. The lowest BCUT2D eigenvalue weighted by molar-refractivity contribution is -0.0576. The second-order valence-corrected chi connectivity index (χ2v) is 7.27. The Bertz CT molecular complexity index is 274. The molecule has 20 heavy (non-hydrogen) atoms. The quantitative estimate of drug-likeness (QED) is 0.810. The molecule has 0 bridgehead atoms. The Morgan fingerprint density at radius 3 is 2.65 bits per heavy atom. The minimum absolute atomic E-state index is 0.194. The van der Waals surface area contributed by atoms with E-state index in [0.717, 1.165) is 32.2 Å². The molecule has 0 spiro atoms. The van der Waals surface area contributed by atoms with Gasteiger partial charge in [-0.2, -0.15) is 0 Å². The van der Waals surface area contributed by atoms with Crippen LogP contribution in [0.2, 0.25) is 0 Å². The zero-order valence-corrected chi connectivity index (χ0v) is 13.8. The highest BCUT2D eigenvalue weighted by Crippen LogP contribution is 2.28. The lowest BCUT2D eigenvalue weighted by Crippen LogP contribution is -2.58. The van der Waals surface area contributed by atoms with E-state index in [-0.39, 0.29) is 5.54 Å². The molecule has 1 aliphatic carbocycles. The molecular weight excluding hydrogens is 248 g/mol. The van der Waals surface area contributed by atoms with E-state index in [2.05, 4.69) is 31.0 Å². The molecule has 0 aromatic carbocycles. The smallest absolute Gasteiger partial charge is 0.0645 e. The van der Waals surface area contributed by atoms with Crippen LogP contribution in [0, 0.1) is 5.92 Å². The molecule has 3 heteroatoms. The molecule has 1 unspecified atom stereocenters. The molecule has 3 nitrogen and oxygen atoms in total. The molecule has 1 saturated carbocycles. The van der Waals surface area contributed by atoms with Gasteiger partial charge < -0.3 is 10.1 Å². The zero-order valence-electron chi connectivity index (χ0n) is 13.8. The number of nitrogens with one attached hydrogen (secondary N) is 1. The number of morpholine rings is 1. The third kappa shape index (κ3) is 4.44. The maximum Gasteiger partial charge on any atom is 0.0645 e. The number of nitrogens with zero attached hydrogens (tertiary/aromatic N) is 1. The maximum absolute atomic E-state index is 5.66. The predicted octanol–water partition coefficient (Wildman–Crippen LogP) is 3.05. The fourth-order valence-corrected chi connectivity index (χ4v) is 3.71. The van der Waals surface area contributed by atoms with Gasteiger partial charge in [0.25, 0.3) is 0 Å². The van der Waals surface area contributed by atoms with Crippen LogP contribution in [-0.4, -0.2) is 49.3 Å². The van der Waals surface area contributed by atoms with Crippen molar-refractivity contribution in [3.8, 4) is 0 Å². The van der Waals surface area contributed by atoms with Crippen LogP contribution in [0.5, 0.6) is 0 Å². The average Bonchev–Trinajstić information content (AvgIpc) is 2.46. The molecule has 118 valence electrons. The van der Waals surface area contributed by atoms with E-state index >= 15 is 0 Å². The fraction of sp³-hybridized carbons (Fsp3) is 1.00. The van der Waals surface area contributed by atoms with E-state index in [1.54, 1.807) is 0 Å². The SMILES string of the molecule is CCCNC(CN1CCOCC1(C)C)C1CCCCC1. The number of hydrogen-bond acceptors (Lipinski definition) is 3. The Morgan fingerprint density at radius 1 is 1.25 bits per heavy atom. The van der Waals surface area contributed by atoms with Crippen molar-refractivity contribution in [3.63, 3.8) is 0 Å². The summed E-state index contributed by atoms with van der Waals surface area (Å²) in [5.41, 5.74) is 0.194. The minimum Gasteiger partial charge on any atom is -0.378 e. The summed E-state index contributed by atoms with van der Waals surface area (Å²) in [6.07, 6.45) is 8.39. The first-order chi connectivity index (χ1) is 9.63. The predicted molar refractivity (Wildman–Crippen MR) is 85.1 cm³/mol. The Hall–Kier alpha value is -0.120. The summed E-state index contributed by atoms with van der Waals surface area (Å²) in [7, 11) is 0. The van der Waals surface area contributed by atoms with E-state index in [0.29, 0.717) is 6.04 Å². The van der Waals surface area contributed by atoms with Crippen molar-refractivity contribution in [2.24, 2.45) is 5.92 Å². The summed E-state index contributed by atoms with van der Waals surface area (Å²) in [4.78, 5) is 2.65. The van der Waals surface area contributed by atoms with E-state index in [1.807, 2.05) is 0 Å². The van der Waals surface area contributed by atoms with E-state index in [9.17, 15) is 0 Å². The Labute approximate surface area is 125 Å². The zero-order chi connectivity index (χ0) is 14.4. The van der Waals surface area contributed by atoms with Crippen molar-refractivity contribution in [2.75, 3.05) is 32.8 Å². The molecule has 1 heterocycles. The first kappa shape index (κ1) is 16.3. The molecule has 0 aromatic heterocycles. The van der Waals surface area contributed by atoms with Gasteiger partial charge in [-0.05, 0) is 45.6 Å². The highest BCUT2D eigenvalue weighted by molar-refractivity contribution is 4.90. The summed E-state index contributed by atoms with van der Waals surface area (Å²) in [6.45, 7) is 12.1. The molecule has 1 aliphatic heterocycles. The number of hydrogen-bond donors (Lipinski definition) is 1. The van der Waals surface area contributed by atoms with Crippen molar-refractivity contribution in [1.82, 2.24) is 10.2 Å². The van der Waals surface area contributed by atoms with Gasteiger partial charge in [-0.25, -0.2) is 0 Å². The van der Waals surface area contributed by atoms with Gasteiger partial charge in [0, 0.05) is 24.7 Å². The van der Waals surface area contributed by atoms with Gasteiger partial charge in [0.1, 0.15) is 0 Å². The molecule has 2 aliphatic rings. The topological polar surface area (TPSA) is 24.5 Å². The first-order valence-electron chi connectivity index (χ1n) is 8.69. The molecule has 0 amide bonds. The van der Waals surface area contributed by atoms with Gasteiger partial charge in [0.05, 0.1) is 13.2 Å². The van der Waals surface area contributed by atoms with Crippen molar-refractivity contribution >= 4 is 0 Å². The molecule has 0 radical (unpaired) electrons. The van der Waals surface area contributed by atoms with Crippen LogP contribution < -0.4 is 5.32 Å². The van der Waals surface area contributed by atoms with E-state index in [4.69, 9.17) is 4.74 Å². The molecule has 2 rings (SSSR count). The molecule has 1 N–H and O–H groups in total. The summed E-state index contributed by atoms with van der Waals surface area (Å²) in [6, 6.07) is 0.674. The van der Waals surface area contributed by atoms with Crippen LogP contribution in [0.15, 0.2) is 0 Å². The highest BCUT2D eigenvalue weighted by atomic mass is 16.5. The minimum atomic E-state index is 0.194. The summed E-state index contributed by atoms with van der Waals surface area (Å²) >= 11 is 0. The van der Waals surface area contributed by atoms with E-state index < -0.39 is 0 Å². The molecular formula is C17H34N2O. The van der Waals surface area contributed by atoms with Gasteiger partial charge in [0.15, 0.2) is 0 Å². The highest BCUT2D eigenvalue weighted by Gasteiger charge is 2.34. The lowest BCUT2D eigenvalue weighted by Gasteiger charge is -2.45. The fourth-order valence-electron chi connectivity index (χ4n) is 3.71. The van der Waals surface area contributed by atoms with Gasteiger partial charge in [0.2, 0.25) is 0 Å². The first-order valence-corrected chi connectivity index (χ1v) is 8.69. The van der Waals surface area contributed by atoms with Crippen molar-refractivity contribution in [1.29, 1.82) is 0 Å². The van der Waals surface area contributed by atoms with Gasteiger partial charge in [-0.1, -0.05) is 26.2 Å².